The fraction of sp³-hybridized carbons (Fsp3) is 0.429. The van der Waals surface area contributed by atoms with Crippen LogP contribution in [0.3, 0.4) is 0 Å². The lowest BCUT2D eigenvalue weighted by Gasteiger charge is -2.34. The molecule has 0 radical (unpaired) electrons. The molecular weight excluding hydrogens is 280 g/mol. The lowest BCUT2D eigenvalue weighted by atomic mass is 9.86. The van der Waals surface area contributed by atoms with Gasteiger partial charge in [-0.1, -0.05) is 57.2 Å². The van der Waals surface area contributed by atoms with Gasteiger partial charge >= 0.3 is 0 Å². The summed E-state index contributed by atoms with van der Waals surface area (Å²) < 4.78 is 0. The zero-order valence-corrected chi connectivity index (χ0v) is 14.8. The maximum absolute atomic E-state index is 2.48. The zero-order valence-electron chi connectivity index (χ0n) is 14.8. The van der Waals surface area contributed by atoms with Gasteiger partial charge in [-0.25, -0.2) is 0 Å². The van der Waals surface area contributed by atoms with Gasteiger partial charge in [0, 0.05) is 31.9 Å². The molecule has 0 saturated carbocycles. The summed E-state index contributed by atoms with van der Waals surface area (Å²) in [4.78, 5) is 4.87. The maximum atomic E-state index is 2.48. The quantitative estimate of drug-likeness (QED) is 0.811. The number of benzene rings is 2. The normalized spacial score (nSPS) is 16.6. The van der Waals surface area contributed by atoms with Crippen LogP contribution in [-0.4, -0.2) is 38.1 Å². The van der Waals surface area contributed by atoms with Gasteiger partial charge in [0.2, 0.25) is 0 Å². The van der Waals surface area contributed by atoms with Crippen molar-refractivity contribution in [3.05, 3.63) is 54.1 Å². The van der Waals surface area contributed by atoms with Crippen molar-refractivity contribution in [1.29, 1.82) is 0 Å². The largest absolute Gasteiger partial charge is 0.369 e. The van der Waals surface area contributed by atoms with Crippen molar-refractivity contribution >= 4 is 5.69 Å². The third-order valence-electron chi connectivity index (χ3n) is 4.82. The van der Waals surface area contributed by atoms with Gasteiger partial charge in [0.15, 0.2) is 0 Å². The topological polar surface area (TPSA) is 6.48 Å². The van der Waals surface area contributed by atoms with Crippen LogP contribution in [0.2, 0.25) is 0 Å². The first kappa shape index (κ1) is 16.1. The second kappa shape index (κ2) is 6.37. The standard InChI is InChI=1S/C21H28N2/c1-21(2,3)19-9-5-17(6-10-19)18-7-11-20(12-8-18)23-15-13-22(4)14-16-23/h5-12H,13-16H2,1-4H3. The van der Waals surface area contributed by atoms with E-state index in [1.807, 2.05) is 0 Å². The van der Waals surface area contributed by atoms with E-state index in [9.17, 15) is 0 Å². The zero-order chi connectivity index (χ0) is 16.4. The van der Waals surface area contributed by atoms with E-state index in [0.717, 1.165) is 26.2 Å². The molecule has 23 heavy (non-hydrogen) atoms. The maximum Gasteiger partial charge on any atom is 0.0367 e. The van der Waals surface area contributed by atoms with E-state index in [2.05, 4.69) is 86.1 Å². The van der Waals surface area contributed by atoms with E-state index in [1.54, 1.807) is 0 Å². The summed E-state index contributed by atoms with van der Waals surface area (Å²) in [6.45, 7) is 11.3. The van der Waals surface area contributed by atoms with Crippen LogP contribution in [0.15, 0.2) is 48.5 Å². The Hall–Kier alpha value is -1.80. The Morgan fingerprint density at radius 3 is 1.65 bits per heavy atom. The van der Waals surface area contributed by atoms with Gasteiger partial charge < -0.3 is 9.80 Å². The molecule has 2 nitrogen and oxygen atoms in total. The molecule has 0 bridgehead atoms. The van der Waals surface area contributed by atoms with Crippen molar-refractivity contribution < 1.29 is 0 Å². The molecule has 1 aliphatic rings. The van der Waals surface area contributed by atoms with Crippen LogP contribution in [0.5, 0.6) is 0 Å². The van der Waals surface area contributed by atoms with Crippen LogP contribution < -0.4 is 4.90 Å². The Morgan fingerprint density at radius 2 is 1.17 bits per heavy atom. The molecule has 0 atom stereocenters. The average molecular weight is 308 g/mol. The summed E-state index contributed by atoms with van der Waals surface area (Å²) in [6.07, 6.45) is 0. The van der Waals surface area contributed by atoms with Crippen molar-refractivity contribution in [2.24, 2.45) is 0 Å². The molecule has 2 heteroatoms. The van der Waals surface area contributed by atoms with Crippen LogP contribution in [0.4, 0.5) is 5.69 Å². The monoisotopic (exact) mass is 308 g/mol. The van der Waals surface area contributed by atoms with Crippen LogP contribution in [0.25, 0.3) is 11.1 Å². The first-order valence-electron chi connectivity index (χ1n) is 8.58. The van der Waals surface area contributed by atoms with Crippen LogP contribution in [0, 0.1) is 0 Å². The van der Waals surface area contributed by atoms with Gasteiger partial charge in [-0.3, -0.25) is 0 Å². The third-order valence-corrected chi connectivity index (χ3v) is 4.82. The van der Waals surface area contributed by atoms with Crippen LogP contribution in [0.1, 0.15) is 26.3 Å². The fourth-order valence-corrected chi connectivity index (χ4v) is 3.09. The average Bonchev–Trinajstić information content (AvgIpc) is 2.55. The number of anilines is 1. The molecule has 0 N–H and O–H groups in total. The number of hydrogen-bond donors (Lipinski definition) is 0. The van der Waals surface area contributed by atoms with E-state index >= 15 is 0 Å². The van der Waals surface area contributed by atoms with E-state index in [0.29, 0.717) is 0 Å². The predicted octanol–water partition coefficient (Wildman–Crippen LogP) is 4.40. The van der Waals surface area contributed by atoms with Crippen molar-refractivity contribution in [3.63, 3.8) is 0 Å². The number of piperazine rings is 1. The molecule has 1 fully saturated rings. The number of rotatable bonds is 2. The van der Waals surface area contributed by atoms with Gasteiger partial charge in [0.25, 0.3) is 0 Å². The molecule has 1 aliphatic heterocycles. The molecule has 1 heterocycles. The summed E-state index contributed by atoms with van der Waals surface area (Å²) in [7, 11) is 2.20. The first-order valence-corrected chi connectivity index (χ1v) is 8.58. The molecule has 2 aromatic carbocycles. The summed E-state index contributed by atoms with van der Waals surface area (Å²) in [5.74, 6) is 0. The minimum Gasteiger partial charge on any atom is -0.369 e. The second-order valence-corrected chi connectivity index (χ2v) is 7.66. The Morgan fingerprint density at radius 1 is 0.696 bits per heavy atom. The number of hydrogen-bond acceptors (Lipinski definition) is 2. The van der Waals surface area contributed by atoms with Gasteiger partial charge in [0.1, 0.15) is 0 Å². The van der Waals surface area contributed by atoms with E-state index in [4.69, 9.17) is 0 Å². The molecule has 3 rings (SSSR count). The smallest absolute Gasteiger partial charge is 0.0367 e. The highest BCUT2D eigenvalue weighted by atomic mass is 15.2. The van der Waals surface area contributed by atoms with Crippen LogP contribution >= 0.6 is 0 Å². The predicted molar refractivity (Wildman–Crippen MR) is 100 cm³/mol. The van der Waals surface area contributed by atoms with Gasteiger partial charge in [0.05, 0.1) is 0 Å². The van der Waals surface area contributed by atoms with Crippen molar-refractivity contribution in [3.8, 4) is 11.1 Å². The molecule has 0 aromatic heterocycles. The molecule has 0 unspecified atom stereocenters. The first-order chi connectivity index (χ1) is 10.9. The van der Waals surface area contributed by atoms with Gasteiger partial charge in [-0.15, -0.1) is 0 Å². The lowest BCUT2D eigenvalue weighted by molar-refractivity contribution is 0.313. The van der Waals surface area contributed by atoms with Crippen molar-refractivity contribution in [2.45, 2.75) is 26.2 Å². The molecule has 0 aliphatic carbocycles. The Kier molecular flexibility index (Phi) is 4.45. The molecule has 1 saturated heterocycles. The second-order valence-electron chi connectivity index (χ2n) is 7.66. The Bertz CT molecular complexity index is 627. The molecule has 0 amide bonds. The molecular formula is C21H28N2. The molecule has 0 spiro atoms. The molecule has 2 aromatic rings. The van der Waals surface area contributed by atoms with Crippen molar-refractivity contribution in [1.82, 2.24) is 4.90 Å². The minimum atomic E-state index is 0.212. The van der Waals surface area contributed by atoms with E-state index < -0.39 is 0 Å². The highest BCUT2D eigenvalue weighted by Gasteiger charge is 2.15. The van der Waals surface area contributed by atoms with Gasteiger partial charge in [-0.05, 0) is 41.3 Å². The van der Waals surface area contributed by atoms with Gasteiger partial charge in [-0.2, -0.15) is 0 Å². The van der Waals surface area contributed by atoms with Crippen LogP contribution in [-0.2, 0) is 5.41 Å². The molecule has 122 valence electrons. The SMILES string of the molecule is CN1CCN(c2ccc(-c3ccc(C(C)(C)C)cc3)cc2)CC1. The summed E-state index contributed by atoms with van der Waals surface area (Å²) >= 11 is 0. The Labute approximate surface area is 140 Å². The minimum absolute atomic E-state index is 0.212. The summed E-state index contributed by atoms with van der Waals surface area (Å²) in [5.41, 5.74) is 5.53. The lowest BCUT2D eigenvalue weighted by Crippen LogP contribution is -2.44. The van der Waals surface area contributed by atoms with E-state index in [1.165, 1.54) is 22.4 Å². The summed E-state index contributed by atoms with van der Waals surface area (Å²) in [6, 6.07) is 18.0. The Balaban J connectivity index is 1.74. The van der Waals surface area contributed by atoms with Crippen molar-refractivity contribution in [2.75, 3.05) is 38.1 Å². The summed E-state index contributed by atoms with van der Waals surface area (Å²) in [5, 5.41) is 0. The fourth-order valence-electron chi connectivity index (χ4n) is 3.09. The highest BCUT2D eigenvalue weighted by Crippen LogP contribution is 2.27. The highest BCUT2D eigenvalue weighted by molar-refractivity contribution is 5.66. The van der Waals surface area contributed by atoms with E-state index in [-0.39, 0.29) is 5.41 Å². The number of nitrogens with zero attached hydrogens (tertiary/aromatic N) is 2. The third kappa shape index (κ3) is 3.76. The number of likely N-dealkylation sites (N-methyl/N-ethyl adjacent to an activating group) is 1.